The number of ether oxygens (including phenoxy) is 1. The van der Waals surface area contributed by atoms with Crippen molar-refractivity contribution in [1.82, 2.24) is 50.5 Å². The number of aromatic nitrogens is 6. The van der Waals surface area contributed by atoms with Gasteiger partial charge in [-0.3, -0.25) is 28.8 Å². The maximum absolute atomic E-state index is 13.4. The monoisotopic (exact) mass is 1080 g/mol. The van der Waals surface area contributed by atoms with Gasteiger partial charge in [-0.05, 0) is 116 Å². The highest BCUT2D eigenvalue weighted by atomic mass is 32.2. The molecule has 2 atom stereocenters. The van der Waals surface area contributed by atoms with E-state index in [0.29, 0.717) is 45.0 Å². The van der Waals surface area contributed by atoms with E-state index in [1.54, 1.807) is 42.6 Å². The van der Waals surface area contributed by atoms with Crippen molar-refractivity contribution in [3.05, 3.63) is 167 Å². The number of hydrogen-bond acceptors (Lipinski definition) is 16. The van der Waals surface area contributed by atoms with Gasteiger partial charge >= 0.3 is 5.97 Å². The fraction of sp³-hybridized carbons (Fsp3) is 0.250. The molecule has 6 heterocycles. The molecule has 0 saturated carbocycles. The lowest BCUT2D eigenvalue weighted by Gasteiger charge is -2.16. The average molecular weight is 1080 g/mol. The lowest BCUT2D eigenvalue weighted by Crippen LogP contribution is -2.30. The highest BCUT2D eigenvalue weighted by Gasteiger charge is 2.31. The fourth-order valence-corrected chi connectivity index (χ4v) is 12.0. The minimum absolute atomic E-state index is 0.000656. The molecule has 0 bridgehead atoms. The van der Waals surface area contributed by atoms with Crippen LogP contribution in [0.25, 0.3) is 11.3 Å². The molecule has 0 aliphatic heterocycles. The molecule has 0 unspecified atom stereocenters. The molecule has 2 aliphatic rings. The summed E-state index contributed by atoms with van der Waals surface area (Å²) in [7, 11) is -2.51. The number of nitrogens with zero attached hydrogens (tertiary/aromatic N) is 6. The van der Waals surface area contributed by atoms with Crippen LogP contribution < -0.4 is 26.4 Å². The van der Waals surface area contributed by atoms with Crippen LogP contribution in [0.15, 0.2) is 88.7 Å². The van der Waals surface area contributed by atoms with Gasteiger partial charge < -0.3 is 26.0 Å². The summed E-state index contributed by atoms with van der Waals surface area (Å²) in [6.45, 7) is 7.20. The Morgan fingerprint density at radius 3 is 1.64 bits per heavy atom. The van der Waals surface area contributed by atoms with Gasteiger partial charge in [-0.25, -0.2) is 37.4 Å². The third-order valence-electron chi connectivity index (χ3n) is 13.2. The molecule has 2 aromatic carbocycles. The summed E-state index contributed by atoms with van der Waals surface area (Å²) >= 11 is 2.19. The second-order valence-corrected chi connectivity index (χ2v) is 21.9. The number of fused-ring (bicyclic) bond motifs is 4. The second-order valence-electron chi connectivity index (χ2n) is 18.1. The Kier molecular flexibility index (Phi) is 14.9. The Bertz CT molecular complexity index is 3820. The van der Waals surface area contributed by atoms with Crippen LogP contribution in [0, 0.1) is 13.8 Å². The average Bonchev–Trinajstić information content (AvgIpc) is 4.26. The number of carbonyl (C=O) groups is 7. The zero-order chi connectivity index (χ0) is 54.2. The van der Waals surface area contributed by atoms with Crippen LogP contribution in [-0.2, 0) is 40.7 Å². The summed E-state index contributed by atoms with van der Waals surface area (Å²) in [6, 6.07) is 17.5. The molecule has 10 rings (SSSR count). The van der Waals surface area contributed by atoms with E-state index in [2.05, 4.69) is 41.4 Å². The van der Waals surface area contributed by atoms with Gasteiger partial charge in [0.1, 0.15) is 31.9 Å². The summed E-state index contributed by atoms with van der Waals surface area (Å²) in [4.78, 5) is 97.8. The Balaban J connectivity index is 0.000000186. The van der Waals surface area contributed by atoms with Crippen LogP contribution in [0.2, 0.25) is 0 Å². The van der Waals surface area contributed by atoms with Gasteiger partial charge in [0.2, 0.25) is 10.0 Å². The van der Waals surface area contributed by atoms with Crippen molar-refractivity contribution in [3.63, 3.8) is 0 Å². The molecule has 76 heavy (non-hydrogen) atoms. The summed E-state index contributed by atoms with van der Waals surface area (Å²) < 4.78 is 30.5. The number of rotatable bonds is 14. The van der Waals surface area contributed by atoms with Crippen LogP contribution >= 0.6 is 22.7 Å². The van der Waals surface area contributed by atoms with E-state index in [0.717, 1.165) is 63.1 Å². The SMILES string of the molecule is CC(=O)c1ccc2c(c1C)CC[C@@H]2NC(=O)c1cc(C(=O)NCc2ccc(S(N)(=O)=O)s2)nc2ccnn12.COC(=O)c1cc(CNC(=O)c2cc(C(=O)N[C@H]3CCc4c3ccc(C(C)=O)c4C)n3nccc3n2)cs1. The van der Waals surface area contributed by atoms with Crippen molar-refractivity contribution in [2.45, 2.75) is 82.8 Å². The predicted molar refractivity (Wildman–Crippen MR) is 279 cm³/mol. The van der Waals surface area contributed by atoms with Crippen molar-refractivity contribution in [2.24, 2.45) is 5.14 Å². The predicted octanol–water partition coefficient (Wildman–Crippen LogP) is 5.73. The number of nitrogens with one attached hydrogen (secondary N) is 4. The molecule has 24 heteroatoms. The van der Waals surface area contributed by atoms with Gasteiger partial charge in [0.05, 0.1) is 38.1 Å². The third kappa shape index (κ3) is 10.8. The van der Waals surface area contributed by atoms with E-state index in [-0.39, 0.29) is 69.6 Å². The number of primary sulfonamides is 1. The van der Waals surface area contributed by atoms with E-state index >= 15 is 0 Å². The van der Waals surface area contributed by atoms with Gasteiger partial charge in [0, 0.05) is 46.8 Å². The zero-order valence-electron chi connectivity index (χ0n) is 41.5. The van der Waals surface area contributed by atoms with Gasteiger partial charge in [-0.15, -0.1) is 22.7 Å². The molecule has 6 N–H and O–H groups in total. The van der Waals surface area contributed by atoms with Crippen molar-refractivity contribution < 1.29 is 46.7 Å². The standard InChI is InChI=1S/C27H25N5O5S.C25H24N6O5S2/c1-14-17(15(2)33)4-5-19-18(14)6-7-20(19)31-26(35)22-11-21(30-24-8-9-29-32(22)24)25(34)28-12-16-10-23(38-13-16)27(36)37-3;1-13-16(14(2)32)4-5-18-17(13)6-7-19(18)30-25(34)21-11-20(29-22-9-10-28-31(21)22)24(33)27-12-15-3-8-23(37-15)38(26,35)36/h4-5,8-11,13,20H,6-7,12H2,1-3H3,(H,28,34)(H,31,35);3-5,8-11,19H,6-7,12H2,1-2H3,(H,27,33)(H,30,34)(H2,26,35,36)/t20-;19-/m00/s1. The molecule has 390 valence electrons. The maximum Gasteiger partial charge on any atom is 0.348 e. The van der Waals surface area contributed by atoms with Crippen LogP contribution in [0.3, 0.4) is 0 Å². The number of hydrogen-bond donors (Lipinski definition) is 5. The minimum Gasteiger partial charge on any atom is -0.465 e. The number of carbonyl (C=O) groups excluding carboxylic acids is 7. The van der Waals surface area contributed by atoms with Crippen LogP contribution in [0.4, 0.5) is 0 Å². The third-order valence-corrected chi connectivity index (χ3v) is 16.7. The van der Waals surface area contributed by atoms with Crippen molar-refractivity contribution in [3.8, 4) is 0 Å². The quantitative estimate of drug-likeness (QED) is 0.0642. The van der Waals surface area contributed by atoms with Crippen LogP contribution in [0.1, 0.15) is 155 Å². The first kappa shape index (κ1) is 52.5. The van der Waals surface area contributed by atoms with Crippen molar-refractivity contribution in [1.29, 1.82) is 0 Å². The first-order valence-electron chi connectivity index (χ1n) is 23.7. The number of methoxy groups -OCH3 is 1. The maximum atomic E-state index is 13.4. The highest BCUT2D eigenvalue weighted by molar-refractivity contribution is 7.91. The van der Waals surface area contributed by atoms with Crippen LogP contribution in [0.5, 0.6) is 0 Å². The van der Waals surface area contributed by atoms with Crippen molar-refractivity contribution in [2.75, 3.05) is 7.11 Å². The molecule has 0 saturated heterocycles. The first-order chi connectivity index (χ1) is 36.3. The largest absolute Gasteiger partial charge is 0.465 e. The number of Topliss-reactive ketones (excluding diaryl/α,β-unsaturated/α-hetero) is 2. The van der Waals surface area contributed by atoms with Gasteiger partial charge in [0.15, 0.2) is 22.9 Å². The first-order valence-corrected chi connectivity index (χ1v) is 26.9. The van der Waals surface area contributed by atoms with Gasteiger partial charge in [0.25, 0.3) is 23.6 Å². The molecule has 8 aromatic rings. The summed E-state index contributed by atoms with van der Waals surface area (Å²) in [5.74, 6) is -2.22. The van der Waals surface area contributed by atoms with Gasteiger partial charge in [-0.2, -0.15) is 10.2 Å². The molecule has 21 nitrogen and oxygen atoms in total. The normalized spacial score (nSPS) is 14.6. The van der Waals surface area contributed by atoms with E-state index in [4.69, 9.17) is 9.88 Å². The zero-order valence-corrected chi connectivity index (χ0v) is 44.0. The molecule has 0 spiro atoms. The topological polar surface area (TPSA) is 297 Å². The summed E-state index contributed by atoms with van der Waals surface area (Å²) in [6.07, 6.45) is 5.89. The number of sulfonamides is 1. The lowest BCUT2D eigenvalue weighted by atomic mass is 9.96. The Morgan fingerprint density at radius 2 is 1.18 bits per heavy atom. The molecule has 6 aromatic heterocycles. The molecule has 2 aliphatic carbocycles. The van der Waals surface area contributed by atoms with Crippen molar-refractivity contribution >= 4 is 85.2 Å². The summed E-state index contributed by atoms with van der Waals surface area (Å²) in [5, 5.41) is 26.9. The fourth-order valence-electron chi connectivity index (χ4n) is 9.48. The molecular weight excluding hydrogens is 1030 g/mol. The summed E-state index contributed by atoms with van der Waals surface area (Å²) in [5.41, 5.74) is 9.23. The van der Waals surface area contributed by atoms with E-state index in [9.17, 15) is 42.0 Å². The number of thiophene rings is 2. The van der Waals surface area contributed by atoms with Crippen LogP contribution in [-0.4, -0.2) is 85.9 Å². The molecular formula is C52H49N11O10S3. The molecule has 4 amide bonds. The Morgan fingerprint density at radius 1 is 0.684 bits per heavy atom. The number of nitrogens with two attached hydrogens (primary N) is 1. The Labute approximate surface area is 442 Å². The number of amides is 4. The molecule has 0 fully saturated rings. The minimum atomic E-state index is -3.82. The van der Waals surface area contributed by atoms with Gasteiger partial charge in [-0.1, -0.05) is 24.3 Å². The number of ketones is 2. The number of esters is 1. The molecule has 0 radical (unpaired) electrons. The highest BCUT2D eigenvalue weighted by Crippen LogP contribution is 2.36. The number of benzene rings is 2. The van der Waals surface area contributed by atoms with E-state index in [1.165, 1.54) is 65.0 Å². The smallest absolute Gasteiger partial charge is 0.348 e. The Hall–Kier alpha value is -8.32. The van der Waals surface area contributed by atoms with E-state index in [1.807, 2.05) is 32.0 Å². The second kappa shape index (κ2) is 21.5. The van der Waals surface area contributed by atoms with E-state index < -0.39 is 33.7 Å². The lowest BCUT2D eigenvalue weighted by molar-refractivity contribution is 0.0605.